The van der Waals surface area contributed by atoms with Crippen LogP contribution in [0.2, 0.25) is 0 Å². The van der Waals surface area contributed by atoms with Gasteiger partial charge in [0.1, 0.15) is 6.61 Å². The highest BCUT2D eigenvalue weighted by Gasteiger charge is 2.14. The lowest BCUT2D eigenvalue weighted by atomic mass is 10.1. The fourth-order valence-corrected chi connectivity index (χ4v) is 3.56. The van der Waals surface area contributed by atoms with E-state index in [1.165, 1.54) is 6.20 Å². The third-order valence-electron chi connectivity index (χ3n) is 2.74. The molecule has 0 aromatic carbocycles. The van der Waals surface area contributed by atoms with Crippen molar-refractivity contribution in [3.63, 3.8) is 0 Å². The summed E-state index contributed by atoms with van der Waals surface area (Å²) in [6.07, 6.45) is -0.568. The molecule has 0 aliphatic carbocycles. The van der Waals surface area contributed by atoms with E-state index in [-0.39, 0.29) is 10.1 Å². The number of oxime groups is 1. The Balaban J connectivity index is 2.57. The van der Waals surface area contributed by atoms with Crippen molar-refractivity contribution in [1.29, 1.82) is 0 Å². The van der Waals surface area contributed by atoms with E-state index in [0.29, 0.717) is 23.1 Å². The maximum atomic E-state index is 12.7. The minimum atomic E-state index is -2.37. The Hall–Kier alpha value is -1.22. The van der Waals surface area contributed by atoms with Crippen LogP contribution in [0, 0.1) is 5.92 Å². The zero-order chi connectivity index (χ0) is 17.4. The fraction of sp³-hybridized carbons (Fsp3) is 0.571. The largest absolute Gasteiger partial charge is 0.396 e. The molecule has 0 fully saturated rings. The number of nitrogens with zero attached hydrogens (tertiary/aromatic N) is 2. The van der Waals surface area contributed by atoms with Gasteiger partial charge in [-0.1, -0.05) is 19.0 Å². The lowest BCUT2D eigenvalue weighted by Gasteiger charge is -2.03. The quantitative estimate of drug-likeness (QED) is 0.366. The highest BCUT2D eigenvalue weighted by atomic mass is 32.2. The molecule has 4 nitrogen and oxygen atoms in total. The van der Waals surface area contributed by atoms with Crippen LogP contribution < -0.4 is 0 Å². The molecular formula is C14H19F3N2O2S2. The van der Waals surface area contributed by atoms with Gasteiger partial charge in [0.05, 0.1) is 21.4 Å². The first-order chi connectivity index (χ1) is 10.8. The van der Waals surface area contributed by atoms with E-state index in [4.69, 9.17) is 4.84 Å². The molecule has 1 atom stereocenters. The number of hydrogen-bond donors (Lipinski definition) is 0. The van der Waals surface area contributed by atoms with Crippen molar-refractivity contribution in [2.24, 2.45) is 11.1 Å². The zero-order valence-corrected chi connectivity index (χ0v) is 14.8. The third-order valence-corrected chi connectivity index (χ3v) is 5.51. The molecule has 0 spiro atoms. The Bertz CT molecular complexity index is 597. The molecule has 0 saturated carbocycles. The molecule has 1 heterocycles. The predicted molar refractivity (Wildman–Crippen MR) is 86.0 cm³/mol. The molecule has 1 unspecified atom stereocenters. The van der Waals surface area contributed by atoms with Gasteiger partial charge < -0.3 is 4.84 Å². The molecular weight excluding hydrogens is 349 g/mol. The van der Waals surface area contributed by atoms with Crippen LogP contribution in [0.1, 0.15) is 38.5 Å². The summed E-state index contributed by atoms with van der Waals surface area (Å²) < 4.78 is 48.8. The topological polar surface area (TPSA) is 51.6 Å². The van der Waals surface area contributed by atoms with Crippen molar-refractivity contribution in [3.8, 4) is 0 Å². The number of rotatable bonds is 9. The summed E-state index contributed by atoms with van der Waals surface area (Å²) in [6, 6.07) is 0. The molecule has 0 N–H and O–H groups in total. The van der Waals surface area contributed by atoms with Crippen LogP contribution in [-0.2, 0) is 15.6 Å². The fourth-order valence-electron chi connectivity index (χ4n) is 1.37. The second-order valence-electron chi connectivity index (χ2n) is 5.15. The van der Waals surface area contributed by atoms with Gasteiger partial charge in [-0.25, -0.2) is 9.37 Å². The molecule has 130 valence electrons. The van der Waals surface area contributed by atoms with Gasteiger partial charge in [0.25, 0.3) is 0 Å². The van der Waals surface area contributed by atoms with Gasteiger partial charge in [0.15, 0.2) is 10.2 Å². The van der Waals surface area contributed by atoms with Gasteiger partial charge in [-0.3, -0.25) is 4.21 Å². The van der Waals surface area contributed by atoms with Crippen LogP contribution in [-0.4, -0.2) is 27.3 Å². The Labute approximate surface area is 139 Å². The van der Waals surface area contributed by atoms with Crippen LogP contribution in [0.5, 0.6) is 0 Å². The Kier molecular flexibility index (Phi) is 8.46. The summed E-state index contributed by atoms with van der Waals surface area (Å²) in [7, 11) is -1.63. The number of allylic oxidation sites excluding steroid dienone is 1. The Morgan fingerprint density at radius 1 is 1.43 bits per heavy atom. The SMILES string of the molecule is C/C(=N/OCCC(C)C)c1cnc(S(=O)CCC(F)=C(F)F)s1. The van der Waals surface area contributed by atoms with E-state index in [1.54, 1.807) is 6.92 Å². The van der Waals surface area contributed by atoms with Crippen molar-refractivity contribution in [3.05, 3.63) is 23.0 Å². The van der Waals surface area contributed by atoms with Crippen molar-refractivity contribution in [2.45, 2.75) is 38.0 Å². The summed E-state index contributed by atoms with van der Waals surface area (Å²) >= 11 is 1.13. The highest BCUT2D eigenvalue weighted by molar-refractivity contribution is 7.87. The van der Waals surface area contributed by atoms with E-state index in [1.807, 2.05) is 0 Å². The van der Waals surface area contributed by atoms with Crippen molar-refractivity contribution < 1.29 is 22.2 Å². The molecule has 0 saturated heterocycles. The summed E-state index contributed by atoms with van der Waals surface area (Å²) in [5.74, 6) is -1.25. The number of hydrogen-bond acceptors (Lipinski definition) is 5. The molecule has 0 aliphatic heterocycles. The number of halogens is 3. The summed E-state index contributed by atoms with van der Waals surface area (Å²) in [5.41, 5.74) is 0.593. The lowest BCUT2D eigenvalue weighted by molar-refractivity contribution is 0.133. The molecule has 0 aliphatic rings. The monoisotopic (exact) mass is 368 g/mol. The molecule has 0 amide bonds. The van der Waals surface area contributed by atoms with Crippen LogP contribution >= 0.6 is 11.3 Å². The van der Waals surface area contributed by atoms with Crippen LogP contribution in [0.4, 0.5) is 13.2 Å². The van der Waals surface area contributed by atoms with Crippen molar-refractivity contribution >= 4 is 27.8 Å². The van der Waals surface area contributed by atoms with E-state index >= 15 is 0 Å². The second-order valence-corrected chi connectivity index (χ2v) is 7.92. The Morgan fingerprint density at radius 3 is 2.74 bits per heavy atom. The molecule has 9 heteroatoms. The van der Waals surface area contributed by atoms with E-state index in [2.05, 4.69) is 24.0 Å². The average molecular weight is 368 g/mol. The Morgan fingerprint density at radius 2 is 2.13 bits per heavy atom. The summed E-state index contributed by atoms with van der Waals surface area (Å²) in [4.78, 5) is 9.83. The van der Waals surface area contributed by atoms with Gasteiger partial charge in [0, 0.05) is 18.4 Å². The van der Waals surface area contributed by atoms with Gasteiger partial charge in [-0.15, -0.1) is 11.3 Å². The van der Waals surface area contributed by atoms with Crippen LogP contribution in [0.3, 0.4) is 0 Å². The summed E-state index contributed by atoms with van der Waals surface area (Å²) in [5, 5.41) is 3.96. The van der Waals surface area contributed by atoms with E-state index < -0.39 is 29.1 Å². The van der Waals surface area contributed by atoms with Crippen LogP contribution in [0.25, 0.3) is 0 Å². The average Bonchev–Trinajstić information content (AvgIpc) is 2.98. The van der Waals surface area contributed by atoms with Crippen LogP contribution in [0.15, 0.2) is 27.6 Å². The molecule has 0 radical (unpaired) electrons. The minimum Gasteiger partial charge on any atom is -0.396 e. The van der Waals surface area contributed by atoms with Gasteiger partial charge >= 0.3 is 6.08 Å². The third kappa shape index (κ3) is 7.26. The molecule has 1 rings (SSSR count). The zero-order valence-electron chi connectivity index (χ0n) is 13.1. The van der Waals surface area contributed by atoms with Gasteiger partial charge in [0.2, 0.25) is 0 Å². The lowest BCUT2D eigenvalue weighted by Crippen LogP contribution is -1.98. The smallest absolute Gasteiger partial charge is 0.301 e. The first-order valence-corrected chi connectivity index (χ1v) is 9.15. The molecule has 0 bridgehead atoms. The van der Waals surface area contributed by atoms with E-state index in [0.717, 1.165) is 17.8 Å². The highest BCUT2D eigenvalue weighted by Crippen LogP contribution is 2.20. The first-order valence-electron chi connectivity index (χ1n) is 7.02. The second kappa shape index (κ2) is 9.82. The van der Waals surface area contributed by atoms with E-state index in [9.17, 15) is 17.4 Å². The standard InChI is InChI=1S/C14H19F3N2O2S2/c1-9(2)4-6-21-19-10(3)12-8-18-14(22-12)23(20)7-5-11(15)13(16)17/h8-9H,4-7H2,1-3H3/b19-10-. The predicted octanol–water partition coefficient (Wildman–Crippen LogP) is 4.51. The summed E-state index contributed by atoms with van der Waals surface area (Å²) in [6.45, 7) is 6.40. The maximum Gasteiger partial charge on any atom is 0.301 e. The maximum absolute atomic E-state index is 12.7. The van der Waals surface area contributed by atoms with Crippen molar-refractivity contribution in [1.82, 2.24) is 4.98 Å². The minimum absolute atomic E-state index is 0.239. The molecule has 1 aromatic rings. The van der Waals surface area contributed by atoms with Gasteiger partial charge in [-0.2, -0.15) is 8.78 Å². The number of aromatic nitrogens is 1. The molecule has 1 aromatic heterocycles. The number of thiazole rings is 1. The first kappa shape index (κ1) is 19.8. The van der Waals surface area contributed by atoms with Gasteiger partial charge in [-0.05, 0) is 19.3 Å². The molecule has 23 heavy (non-hydrogen) atoms. The normalized spacial score (nSPS) is 13.3. The van der Waals surface area contributed by atoms with Crippen molar-refractivity contribution in [2.75, 3.05) is 12.4 Å².